The monoisotopic (exact) mass is 273 g/mol. The van der Waals surface area contributed by atoms with Gasteiger partial charge in [-0.25, -0.2) is 4.98 Å². The number of imidazole rings is 1. The summed E-state index contributed by atoms with van der Waals surface area (Å²) in [5.74, 6) is -0.594. The fourth-order valence-corrected chi connectivity index (χ4v) is 1.81. The molecule has 1 unspecified atom stereocenters. The lowest BCUT2D eigenvalue weighted by atomic mass is 10.2. The summed E-state index contributed by atoms with van der Waals surface area (Å²) in [5, 5.41) is 11.7. The Bertz CT molecular complexity index is 602. The van der Waals surface area contributed by atoms with E-state index in [0.717, 1.165) is 17.1 Å². The number of carbonyl (C=O) groups is 1. The maximum absolute atomic E-state index is 11.7. The second-order valence-corrected chi connectivity index (χ2v) is 4.91. The zero-order valence-electron chi connectivity index (χ0n) is 11.9. The molecule has 1 aromatic heterocycles. The van der Waals surface area contributed by atoms with Gasteiger partial charge in [0.2, 0.25) is 5.91 Å². The first kappa shape index (κ1) is 14.3. The molecule has 1 heterocycles. The van der Waals surface area contributed by atoms with Gasteiger partial charge in [-0.2, -0.15) is 0 Å². The molecule has 20 heavy (non-hydrogen) atoms. The number of benzene rings is 1. The zero-order valence-corrected chi connectivity index (χ0v) is 11.9. The van der Waals surface area contributed by atoms with Gasteiger partial charge in [-0.05, 0) is 38.1 Å². The van der Waals surface area contributed by atoms with E-state index in [0.29, 0.717) is 5.69 Å². The maximum atomic E-state index is 11.7. The molecule has 0 spiro atoms. The Morgan fingerprint density at radius 1 is 1.35 bits per heavy atom. The molecule has 0 fully saturated rings. The van der Waals surface area contributed by atoms with E-state index < -0.39 is 5.92 Å². The van der Waals surface area contributed by atoms with Crippen molar-refractivity contribution in [2.24, 2.45) is 5.92 Å². The van der Waals surface area contributed by atoms with Crippen LogP contribution in [0.4, 0.5) is 5.69 Å². The van der Waals surface area contributed by atoms with E-state index in [9.17, 15) is 4.79 Å². The molecule has 0 bridgehead atoms. The van der Waals surface area contributed by atoms with Gasteiger partial charge in [0.1, 0.15) is 0 Å². The zero-order chi connectivity index (χ0) is 14.7. The number of nitrogens with zero attached hydrogens (tertiary/aromatic N) is 2. The van der Waals surface area contributed by atoms with Gasteiger partial charge in [0.05, 0.1) is 24.5 Å². The molecule has 5 heteroatoms. The van der Waals surface area contributed by atoms with Crippen molar-refractivity contribution in [1.82, 2.24) is 9.55 Å². The number of aliphatic hydroxyl groups is 1. The summed E-state index contributed by atoms with van der Waals surface area (Å²) in [5.41, 5.74) is 3.81. The highest BCUT2D eigenvalue weighted by atomic mass is 16.3. The third-order valence-electron chi connectivity index (χ3n) is 3.39. The predicted octanol–water partition coefficient (Wildman–Crippen LogP) is 2.06. The predicted molar refractivity (Wildman–Crippen MR) is 77.9 cm³/mol. The molecule has 2 rings (SSSR count). The van der Waals surface area contributed by atoms with Gasteiger partial charge in [-0.1, -0.05) is 6.92 Å². The first-order chi connectivity index (χ1) is 9.52. The Morgan fingerprint density at radius 3 is 2.50 bits per heavy atom. The summed E-state index contributed by atoms with van der Waals surface area (Å²) in [6, 6.07) is 7.53. The van der Waals surface area contributed by atoms with Crippen LogP contribution in [0.5, 0.6) is 0 Å². The van der Waals surface area contributed by atoms with Crippen LogP contribution in [0.3, 0.4) is 0 Å². The van der Waals surface area contributed by atoms with E-state index in [1.54, 1.807) is 13.3 Å². The third kappa shape index (κ3) is 2.88. The molecule has 1 aromatic carbocycles. The molecule has 0 saturated carbocycles. The molecular formula is C15H19N3O2. The summed E-state index contributed by atoms with van der Waals surface area (Å²) < 4.78 is 2.00. The lowest BCUT2D eigenvalue weighted by molar-refractivity contribution is -0.120. The van der Waals surface area contributed by atoms with Crippen LogP contribution in [-0.4, -0.2) is 27.2 Å². The van der Waals surface area contributed by atoms with Crippen LogP contribution in [0.1, 0.15) is 18.3 Å². The van der Waals surface area contributed by atoms with E-state index in [1.165, 1.54) is 0 Å². The van der Waals surface area contributed by atoms with E-state index in [4.69, 9.17) is 5.11 Å². The highest BCUT2D eigenvalue weighted by molar-refractivity contribution is 5.92. The van der Waals surface area contributed by atoms with Crippen molar-refractivity contribution in [2.75, 3.05) is 11.9 Å². The maximum Gasteiger partial charge on any atom is 0.229 e. The molecule has 0 saturated heterocycles. The van der Waals surface area contributed by atoms with Gasteiger partial charge >= 0.3 is 0 Å². The standard InChI is InChI=1S/C15H19N3O2/c1-10(8-19)15(20)17-13-4-6-14(7-5-13)18-9-16-11(2)12(18)3/h4-7,9-10,19H,8H2,1-3H3,(H,17,20). The quantitative estimate of drug-likeness (QED) is 0.896. The normalized spacial score (nSPS) is 12.2. The fraction of sp³-hybridized carbons (Fsp3) is 0.333. The van der Waals surface area contributed by atoms with Crippen LogP contribution < -0.4 is 5.32 Å². The minimum atomic E-state index is -0.409. The van der Waals surface area contributed by atoms with E-state index in [2.05, 4.69) is 10.3 Å². The van der Waals surface area contributed by atoms with Gasteiger partial charge in [-0.3, -0.25) is 4.79 Å². The number of anilines is 1. The number of aromatic nitrogens is 2. The minimum absolute atomic E-state index is 0.155. The molecule has 1 atom stereocenters. The summed E-state index contributed by atoms with van der Waals surface area (Å²) in [4.78, 5) is 15.9. The van der Waals surface area contributed by atoms with Gasteiger partial charge < -0.3 is 15.0 Å². The number of carbonyl (C=O) groups excluding carboxylic acids is 1. The number of rotatable bonds is 4. The Balaban J connectivity index is 2.15. The summed E-state index contributed by atoms with van der Waals surface area (Å²) in [6.07, 6.45) is 1.78. The molecule has 2 N–H and O–H groups in total. The lowest BCUT2D eigenvalue weighted by Crippen LogP contribution is -2.22. The van der Waals surface area contributed by atoms with Crippen LogP contribution in [-0.2, 0) is 4.79 Å². The van der Waals surface area contributed by atoms with Gasteiger partial charge in [0.15, 0.2) is 0 Å². The van der Waals surface area contributed by atoms with Crippen LogP contribution >= 0.6 is 0 Å². The molecule has 1 amide bonds. The van der Waals surface area contributed by atoms with Crippen molar-refractivity contribution < 1.29 is 9.90 Å². The number of amides is 1. The smallest absolute Gasteiger partial charge is 0.229 e. The van der Waals surface area contributed by atoms with Crippen LogP contribution in [0, 0.1) is 19.8 Å². The van der Waals surface area contributed by atoms with Crippen molar-refractivity contribution in [3.63, 3.8) is 0 Å². The van der Waals surface area contributed by atoms with Crippen molar-refractivity contribution in [3.8, 4) is 5.69 Å². The van der Waals surface area contributed by atoms with Crippen molar-refractivity contribution in [1.29, 1.82) is 0 Å². The van der Waals surface area contributed by atoms with Crippen LogP contribution in [0.25, 0.3) is 5.69 Å². The largest absolute Gasteiger partial charge is 0.396 e. The number of aryl methyl sites for hydroxylation is 1. The molecule has 106 valence electrons. The molecule has 0 radical (unpaired) electrons. The van der Waals surface area contributed by atoms with Gasteiger partial charge in [0, 0.05) is 17.1 Å². The number of hydrogen-bond donors (Lipinski definition) is 2. The summed E-state index contributed by atoms with van der Waals surface area (Å²) >= 11 is 0. The fourth-order valence-electron chi connectivity index (χ4n) is 1.81. The topological polar surface area (TPSA) is 67.2 Å². The second-order valence-electron chi connectivity index (χ2n) is 4.91. The van der Waals surface area contributed by atoms with E-state index >= 15 is 0 Å². The SMILES string of the molecule is Cc1ncn(-c2ccc(NC(=O)C(C)CO)cc2)c1C. The number of hydrogen-bond acceptors (Lipinski definition) is 3. The summed E-state index contributed by atoms with van der Waals surface area (Å²) in [7, 11) is 0. The molecular weight excluding hydrogens is 254 g/mol. The molecule has 5 nitrogen and oxygen atoms in total. The molecule has 0 aliphatic heterocycles. The summed E-state index contributed by atoms with van der Waals surface area (Å²) in [6.45, 7) is 5.51. The number of aliphatic hydroxyl groups excluding tert-OH is 1. The average molecular weight is 273 g/mol. The van der Waals surface area contributed by atoms with Crippen molar-refractivity contribution in [2.45, 2.75) is 20.8 Å². The molecule has 0 aliphatic rings. The van der Waals surface area contributed by atoms with Gasteiger partial charge in [-0.15, -0.1) is 0 Å². The van der Waals surface area contributed by atoms with Crippen molar-refractivity contribution >= 4 is 11.6 Å². The van der Waals surface area contributed by atoms with Gasteiger partial charge in [0.25, 0.3) is 0 Å². The molecule has 0 aliphatic carbocycles. The average Bonchev–Trinajstić information content (AvgIpc) is 2.79. The minimum Gasteiger partial charge on any atom is -0.396 e. The number of nitrogens with one attached hydrogen (secondary N) is 1. The van der Waals surface area contributed by atoms with E-state index in [-0.39, 0.29) is 12.5 Å². The first-order valence-corrected chi connectivity index (χ1v) is 6.55. The first-order valence-electron chi connectivity index (χ1n) is 6.55. The van der Waals surface area contributed by atoms with Crippen LogP contribution in [0.2, 0.25) is 0 Å². The van der Waals surface area contributed by atoms with E-state index in [1.807, 2.05) is 42.7 Å². The highest BCUT2D eigenvalue weighted by Gasteiger charge is 2.11. The highest BCUT2D eigenvalue weighted by Crippen LogP contribution is 2.17. The van der Waals surface area contributed by atoms with Crippen LogP contribution in [0.15, 0.2) is 30.6 Å². The van der Waals surface area contributed by atoms with Crippen molar-refractivity contribution in [3.05, 3.63) is 42.0 Å². The Hall–Kier alpha value is -2.14. The lowest BCUT2D eigenvalue weighted by Gasteiger charge is -2.11. The third-order valence-corrected chi connectivity index (χ3v) is 3.39. The Labute approximate surface area is 118 Å². The second kappa shape index (κ2) is 5.88. The Morgan fingerprint density at radius 2 is 2.00 bits per heavy atom. The molecule has 2 aromatic rings. The Kier molecular flexibility index (Phi) is 4.20.